The fraction of sp³-hybridized carbons (Fsp3) is 0.158. The summed E-state index contributed by atoms with van der Waals surface area (Å²) in [5.41, 5.74) is 2.11. The molecule has 0 aliphatic carbocycles. The van der Waals surface area contributed by atoms with Crippen LogP contribution in [0.3, 0.4) is 0 Å². The molecule has 0 fully saturated rings. The summed E-state index contributed by atoms with van der Waals surface area (Å²) in [7, 11) is 0. The standard InChI is InChI=1S/C19H20O3/c20-15-19(22-14-12-18-9-5-2-6-10-18)16-21-13-11-17-7-3-1-4-8-17/h1-14,19-20H,15-16H2. The highest BCUT2D eigenvalue weighted by Crippen LogP contribution is 2.04. The van der Waals surface area contributed by atoms with Crippen LogP contribution in [0.15, 0.2) is 73.2 Å². The van der Waals surface area contributed by atoms with Crippen LogP contribution < -0.4 is 0 Å². The first-order chi connectivity index (χ1) is 10.9. The van der Waals surface area contributed by atoms with Crippen LogP contribution in [0.1, 0.15) is 11.1 Å². The SMILES string of the molecule is OCC(COC=Cc1ccccc1)OC=Cc1ccccc1. The van der Waals surface area contributed by atoms with Gasteiger partial charge in [-0.1, -0.05) is 60.7 Å². The van der Waals surface area contributed by atoms with Crippen LogP contribution in [0, 0.1) is 0 Å². The van der Waals surface area contributed by atoms with Crippen molar-refractivity contribution in [2.75, 3.05) is 13.2 Å². The van der Waals surface area contributed by atoms with Gasteiger partial charge in [-0.2, -0.15) is 0 Å². The van der Waals surface area contributed by atoms with Gasteiger partial charge in [0.2, 0.25) is 0 Å². The van der Waals surface area contributed by atoms with Crippen molar-refractivity contribution in [2.45, 2.75) is 6.10 Å². The van der Waals surface area contributed by atoms with Crippen LogP contribution >= 0.6 is 0 Å². The maximum atomic E-state index is 9.28. The van der Waals surface area contributed by atoms with Crippen LogP contribution in [-0.2, 0) is 9.47 Å². The van der Waals surface area contributed by atoms with Gasteiger partial charge in [0, 0.05) is 0 Å². The Morgan fingerprint density at radius 1 is 0.818 bits per heavy atom. The molecular weight excluding hydrogens is 276 g/mol. The van der Waals surface area contributed by atoms with Crippen LogP contribution in [0.5, 0.6) is 0 Å². The summed E-state index contributed by atoms with van der Waals surface area (Å²) in [5.74, 6) is 0. The normalized spacial score (nSPS) is 12.6. The van der Waals surface area contributed by atoms with Gasteiger partial charge in [0.25, 0.3) is 0 Å². The van der Waals surface area contributed by atoms with Crippen LogP contribution in [0.25, 0.3) is 12.2 Å². The molecular formula is C19H20O3. The minimum absolute atomic E-state index is 0.0989. The van der Waals surface area contributed by atoms with E-state index < -0.39 is 0 Å². The minimum Gasteiger partial charge on any atom is -0.497 e. The molecule has 0 aliphatic rings. The average molecular weight is 296 g/mol. The lowest BCUT2D eigenvalue weighted by atomic mass is 10.2. The first kappa shape index (κ1) is 15.9. The third-order valence-electron chi connectivity index (χ3n) is 2.97. The zero-order valence-electron chi connectivity index (χ0n) is 12.3. The van der Waals surface area contributed by atoms with E-state index in [9.17, 15) is 5.11 Å². The molecule has 1 N–H and O–H groups in total. The lowest BCUT2D eigenvalue weighted by Crippen LogP contribution is -2.20. The smallest absolute Gasteiger partial charge is 0.154 e. The molecule has 0 saturated heterocycles. The molecule has 0 saturated carbocycles. The van der Waals surface area contributed by atoms with E-state index in [1.807, 2.05) is 72.8 Å². The molecule has 1 atom stereocenters. The van der Waals surface area contributed by atoms with Gasteiger partial charge in [0.05, 0.1) is 19.1 Å². The first-order valence-corrected chi connectivity index (χ1v) is 7.19. The molecule has 3 nitrogen and oxygen atoms in total. The zero-order chi connectivity index (χ0) is 15.5. The Hall–Kier alpha value is -2.52. The van der Waals surface area contributed by atoms with Gasteiger partial charge in [-0.25, -0.2) is 0 Å². The van der Waals surface area contributed by atoms with Crippen molar-refractivity contribution < 1.29 is 14.6 Å². The van der Waals surface area contributed by atoms with Crippen LogP contribution in [-0.4, -0.2) is 24.4 Å². The molecule has 0 radical (unpaired) electrons. The highest BCUT2D eigenvalue weighted by atomic mass is 16.5. The van der Waals surface area contributed by atoms with Gasteiger partial charge in [0.1, 0.15) is 6.61 Å². The van der Waals surface area contributed by atoms with Gasteiger partial charge in [-0.15, -0.1) is 0 Å². The Balaban J connectivity index is 1.73. The van der Waals surface area contributed by atoms with Gasteiger partial charge >= 0.3 is 0 Å². The lowest BCUT2D eigenvalue weighted by Gasteiger charge is -2.13. The molecule has 1 unspecified atom stereocenters. The van der Waals surface area contributed by atoms with Crippen molar-refractivity contribution in [1.82, 2.24) is 0 Å². The molecule has 2 rings (SSSR count). The van der Waals surface area contributed by atoms with E-state index in [2.05, 4.69) is 0 Å². The second-order valence-corrected chi connectivity index (χ2v) is 4.70. The Labute approximate surface area is 131 Å². The lowest BCUT2D eigenvalue weighted by molar-refractivity contribution is 0.0278. The number of benzene rings is 2. The second kappa shape index (κ2) is 9.42. The number of hydrogen-bond donors (Lipinski definition) is 1. The van der Waals surface area contributed by atoms with Gasteiger partial charge < -0.3 is 14.6 Å². The second-order valence-electron chi connectivity index (χ2n) is 4.70. The molecule has 2 aromatic carbocycles. The molecule has 22 heavy (non-hydrogen) atoms. The summed E-state index contributed by atoms with van der Waals surface area (Å²) >= 11 is 0. The summed E-state index contributed by atoms with van der Waals surface area (Å²) in [4.78, 5) is 0. The number of rotatable bonds is 8. The zero-order valence-corrected chi connectivity index (χ0v) is 12.3. The number of aliphatic hydroxyl groups excluding tert-OH is 1. The van der Waals surface area contributed by atoms with Crippen molar-refractivity contribution in [1.29, 1.82) is 0 Å². The number of aliphatic hydroxyl groups is 1. The minimum atomic E-state index is -0.389. The molecule has 114 valence electrons. The van der Waals surface area contributed by atoms with Crippen LogP contribution in [0.4, 0.5) is 0 Å². The Bertz CT molecular complexity index is 576. The third-order valence-corrected chi connectivity index (χ3v) is 2.97. The summed E-state index contributed by atoms with van der Waals surface area (Å²) in [6.07, 6.45) is 6.53. The summed E-state index contributed by atoms with van der Waals surface area (Å²) in [5, 5.41) is 9.28. The molecule has 2 aromatic rings. The van der Waals surface area contributed by atoms with Crippen molar-refractivity contribution in [3.63, 3.8) is 0 Å². The summed E-state index contributed by atoms with van der Waals surface area (Å²) < 4.78 is 10.9. The van der Waals surface area contributed by atoms with Crippen LogP contribution in [0.2, 0.25) is 0 Å². The first-order valence-electron chi connectivity index (χ1n) is 7.19. The maximum absolute atomic E-state index is 9.28. The predicted octanol–water partition coefficient (Wildman–Crippen LogP) is 3.72. The van der Waals surface area contributed by atoms with E-state index in [1.54, 1.807) is 12.5 Å². The predicted molar refractivity (Wildman–Crippen MR) is 88.9 cm³/mol. The van der Waals surface area contributed by atoms with E-state index >= 15 is 0 Å². The summed E-state index contributed by atoms with van der Waals surface area (Å²) in [6, 6.07) is 19.7. The molecule has 0 aromatic heterocycles. The van der Waals surface area contributed by atoms with Crippen molar-refractivity contribution >= 4 is 12.2 Å². The van der Waals surface area contributed by atoms with E-state index in [0.717, 1.165) is 11.1 Å². The van der Waals surface area contributed by atoms with Gasteiger partial charge in [-0.3, -0.25) is 0 Å². The highest BCUT2D eigenvalue weighted by Gasteiger charge is 2.05. The molecule has 3 heteroatoms. The summed E-state index contributed by atoms with van der Waals surface area (Å²) in [6.45, 7) is 0.192. The monoisotopic (exact) mass is 296 g/mol. The molecule has 0 spiro atoms. The molecule has 0 aliphatic heterocycles. The average Bonchev–Trinajstić information content (AvgIpc) is 2.59. The number of hydrogen-bond acceptors (Lipinski definition) is 3. The molecule has 0 bridgehead atoms. The Morgan fingerprint density at radius 3 is 1.91 bits per heavy atom. The molecule has 0 amide bonds. The fourth-order valence-electron chi connectivity index (χ4n) is 1.78. The molecule has 0 heterocycles. The van der Waals surface area contributed by atoms with Gasteiger partial charge in [0.15, 0.2) is 6.10 Å². The van der Waals surface area contributed by atoms with E-state index in [0.29, 0.717) is 6.61 Å². The number of ether oxygens (including phenoxy) is 2. The Morgan fingerprint density at radius 2 is 1.36 bits per heavy atom. The maximum Gasteiger partial charge on any atom is 0.154 e. The fourth-order valence-corrected chi connectivity index (χ4v) is 1.78. The Kier molecular flexibility index (Phi) is 6.79. The van der Waals surface area contributed by atoms with Crippen molar-refractivity contribution in [3.05, 3.63) is 84.3 Å². The van der Waals surface area contributed by atoms with Crippen molar-refractivity contribution in [3.8, 4) is 0 Å². The van der Waals surface area contributed by atoms with E-state index in [4.69, 9.17) is 9.47 Å². The third kappa shape index (κ3) is 5.85. The van der Waals surface area contributed by atoms with E-state index in [-0.39, 0.29) is 12.7 Å². The van der Waals surface area contributed by atoms with Gasteiger partial charge in [-0.05, 0) is 23.3 Å². The highest BCUT2D eigenvalue weighted by molar-refractivity contribution is 5.48. The van der Waals surface area contributed by atoms with Crippen molar-refractivity contribution in [2.24, 2.45) is 0 Å². The topological polar surface area (TPSA) is 38.7 Å². The largest absolute Gasteiger partial charge is 0.497 e. The van der Waals surface area contributed by atoms with E-state index in [1.165, 1.54) is 0 Å². The quantitative estimate of drug-likeness (QED) is 0.755.